The first kappa shape index (κ1) is 12.0. The van der Waals surface area contributed by atoms with Crippen molar-refractivity contribution in [3.05, 3.63) is 0 Å². The molecule has 1 aliphatic carbocycles. The Hall–Kier alpha value is -0.0400. The molecule has 1 rings (SSSR count). The molecule has 1 nitrogen and oxygen atoms in total. The van der Waals surface area contributed by atoms with E-state index in [1.165, 1.54) is 64.3 Å². The van der Waals surface area contributed by atoms with Crippen molar-refractivity contribution in [1.29, 1.82) is 0 Å². The molecule has 0 spiro atoms. The van der Waals surface area contributed by atoms with Crippen molar-refractivity contribution in [2.75, 3.05) is 13.1 Å². The quantitative estimate of drug-likeness (QED) is 0.505. The van der Waals surface area contributed by atoms with Crippen molar-refractivity contribution in [3.8, 4) is 0 Å². The molecule has 1 fully saturated rings. The first-order valence-electron chi connectivity index (χ1n) is 6.64. The van der Waals surface area contributed by atoms with E-state index in [4.69, 9.17) is 0 Å². The van der Waals surface area contributed by atoms with Crippen LogP contribution in [0.25, 0.3) is 0 Å². The topological polar surface area (TPSA) is 12.0 Å². The summed E-state index contributed by atoms with van der Waals surface area (Å²) in [6, 6.07) is 0. The minimum atomic E-state index is 1.07. The molecular formula is C13H27N. The molecule has 1 N–H and O–H groups in total. The zero-order valence-electron chi connectivity index (χ0n) is 9.86. The average Bonchev–Trinajstić information content (AvgIpc) is 2.46. The summed E-state index contributed by atoms with van der Waals surface area (Å²) in [5.74, 6) is 1.07. The third kappa shape index (κ3) is 5.64. The zero-order valence-corrected chi connectivity index (χ0v) is 9.86. The standard InChI is InChI=1S/C13H27N/c1-2-14-12-8-7-11-13-9-5-3-4-6-10-13/h13-14H,2-12H2,1H3. The van der Waals surface area contributed by atoms with Gasteiger partial charge < -0.3 is 5.32 Å². The van der Waals surface area contributed by atoms with Crippen LogP contribution in [0, 0.1) is 5.92 Å². The molecule has 0 unspecified atom stereocenters. The molecule has 0 aromatic heterocycles. The number of hydrogen-bond acceptors (Lipinski definition) is 1. The van der Waals surface area contributed by atoms with Crippen molar-refractivity contribution in [1.82, 2.24) is 5.32 Å². The Morgan fingerprint density at radius 1 is 1.00 bits per heavy atom. The lowest BCUT2D eigenvalue weighted by atomic mass is 9.94. The minimum Gasteiger partial charge on any atom is -0.317 e. The van der Waals surface area contributed by atoms with E-state index in [0.29, 0.717) is 0 Å². The van der Waals surface area contributed by atoms with Gasteiger partial charge in [0.25, 0.3) is 0 Å². The molecule has 0 aromatic rings. The molecule has 0 bridgehead atoms. The summed E-state index contributed by atoms with van der Waals surface area (Å²) in [6.07, 6.45) is 13.3. The number of unbranched alkanes of at least 4 members (excludes halogenated alkanes) is 1. The molecule has 0 radical (unpaired) electrons. The Balaban J connectivity index is 1.93. The Kier molecular flexibility index (Phi) is 7.12. The van der Waals surface area contributed by atoms with Gasteiger partial charge in [0, 0.05) is 0 Å². The Morgan fingerprint density at radius 2 is 1.71 bits per heavy atom. The second-order valence-corrected chi connectivity index (χ2v) is 4.71. The molecule has 0 aliphatic heterocycles. The summed E-state index contributed by atoms with van der Waals surface area (Å²) in [5.41, 5.74) is 0. The number of rotatable bonds is 6. The van der Waals surface area contributed by atoms with Gasteiger partial charge in [-0.2, -0.15) is 0 Å². The summed E-state index contributed by atoms with van der Waals surface area (Å²) in [7, 11) is 0. The Morgan fingerprint density at radius 3 is 2.36 bits per heavy atom. The van der Waals surface area contributed by atoms with Gasteiger partial charge in [-0.1, -0.05) is 58.3 Å². The lowest BCUT2D eigenvalue weighted by molar-refractivity contribution is 0.407. The lowest BCUT2D eigenvalue weighted by Crippen LogP contribution is -2.14. The predicted octanol–water partition coefficient (Wildman–Crippen LogP) is 3.74. The van der Waals surface area contributed by atoms with E-state index < -0.39 is 0 Å². The molecule has 1 saturated carbocycles. The molecule has 0 aromatic carbocycles. The summed E-state index contributed by atoms with van der Waals surface area (Å²) in [6.45, 7) is 4.54. The first-order chi connectivity index (χ1) is 6.93. The van der Waals surface area contributed by atoms with E-state index in [1.54, 1.807) is 0 Å². The molecule has 1 heteroatoms. The monoisotopic (exact) mass is 197 g/mol. The van der Waals surface area contributed by atoms with Gasteiger partial charge in [-0.25, -0.2) is 0 Å². The summed E-state index contributed by atoms with van der Waals surface area (Å²) in [5, 5.41) is 3.40. The fraction of sp³-hybridized carbons (Fsp3) is 1.00. The highest BCUT2D eigenvalue weighted by Crippen LogP contribution is 2.26. The van der Waals surface area contributed by atoms with Crippen LogP contribution >= 0.6 is 0 Å². The van der Waals surface area contributed by atoms with Crippen LogP contribution in [0.4, 0.5) is 0 Å². The fourth-order valence-corrected chi connectivity index (χ4v) is 2.51. The third-order valence-electron chi connectivity index (χ3n) is 3.44. The molecule has 0 heterocycles. The summed E-state index contributed by atoms with van der Waals surface area (Å²) < 4.78 is 0. The van der Waals surface area contributed by atoms with Gasteiger partial charge in [-0.15, -0.1) is 0 Å². The van der Waals surface area contributed by atoms with Gasteiger partial charge in [0.15, 0.2) is 0 Å². The number of hydrogen-bond donors (Lipinski definition) is 1. The molecule has 84 valence electrons. The molecule has 0 amide bonds. The maximum atomic E-state index is 3.40. The van der Waals surface area contributed by atoms with E-state index in [9.17, 15) is 0 Å². The highest BCUT2D eigenvalue weighted by Gasteiger charge is 2.11. The fourth-order valence-electron chi connectivity index (χ4n) is 2.51. The van der Waals surface area contributed by atoms with Crippen molar-refractivity contribution in [2.45, 2.75) is 64.7 Å². The highest BCUT2D eigenvalue weighted by atomic mass is 14.8. The van der Waals surface area contributed by atoms with E-state index in [2.05, 4.69) is 12.2 Å². The summed E-state index contributed by atoms with van der Waals surface area (Å²) in [4.78, 5) is 0. The molecule has 1 aliphatic rings. The van der Waals surface area contributed by atoms with Gasteiger partial charge in [0.2, 0.25) is 0 Å². The van der Waals surface area contributed by atoms with E-state index >= 15 is 0 Å². The van der Waals surface area contributed by atoms with E-state index in [1.807, 2.05) is 0 Å². The van der Waals surface area contributed by atoms with Crippen LogP contribution in [0.2, 0.25) is 0 Å². The van der Waals surface area contributed by atoms with Crippen molar-refractivity contribution < 1.29 is 0 Å². The average molecular weight is 197 g/mol. The molecule has 0 atom stereocenters. The Bertz CT molecular complexity index is 114. The normalized spacial score (nSPS) is 19.5. The third-order valence-corrected chi connectivity index (χ3v) is 3.44. The van der Waals surface area contributed by atoms with Crippen molar-refractivity contribution in [3.63, 3.8) is 0 Å². The zero-order chi connectivity index (χ0) is 10.1. The second kappa shape index (κ2) is 8.28. The van der Waals surface area contributed by atoms with Crippen LogP contribution in [-0.2, 0) is 0 Å². The second-order valence-electron chi connectivity index (χ2n) is 4.71. The van der Waals surface area contributed by atoms with Crippen molar-refractivity contribution >= 4 is 0 Å². The van der Waals surface area contributed by atoms with E-state index in [-0.39, 0.29) is 0 Å². The lowest BCUT2D eigenvalue weighted by Gasteiger charge is -2.13. The van der Waals surface area contributed by atoms with Gasteiger partial charge in [0.05, 0.1) is 0 Å². The maximum Gasteiger partial charge on any atom is -0.00490 e. The van der Waals surface area contributed by atoms with Gasteiger partial charge >= 0.3 is 0 Å². The smallest absolute Gasteiger partial charge is 0.00490 e. The molecule has 0 saturated heterocycles. The van der Waals surface area contributed by atoms with Crippen LogP contribution in [0.3, 0.4) is 0 Å². The summed E-state index contributed by atoms with van der Waals surface area (Å²) >= 11 is 0. The van der Waals surface area contributed by atoms with Crippen molar-refractivity contribution in [2.24, 2.45) is 5.92 Å². The minimum absolute atomic E-state index is 1.07. The van der Waals surface area contributed by atoms with Crippen LogP contribution in [0.1, 0.15) is 64.7 Å². The van der Waals surface area contributed by atoms with Crippen LogP contribution in [-0.4, -0.2) is 13.1 Å². The van der Waals surface area contributed by atoms with E-state index in [0.717, 1.165) is 12.5 Å². The van der Waals surface area contributed by atoms with Crippen LogP contribution in [0.5, 0.6) is 0 Å². The van der Waals surface area contributed by atoms with Gasteiger partial charge in [-0.3, -0.25) is 0 Å². The van der Waals surface area contributed by atoms with Crippen LogP contribution in [0.15, 0.2) is 0 Å². The first-order valence-corrected chi connectivity index (χ1v) is 6.64. The van der Waals surface area contributed by atoms with Crippen LogP contribution < -0.4 is 5.32 Å². The Labute approximate surface area is 89.7 Å². The molecular weight excluding hydrogens is 170 g/mol. The largest absolute Gasteiger partial charge is 0.317 e. The molecule has 14 heavy (non-hydrogen) atoms. The number of nitrogens with one attached hydrogen (secondary N) is 1. The van der Waals surface area contributed by atoms with Gasteiger partial charge in [-0.05, 0) is 25.4 Å². The highest BCUT2D eigenvalue weighted by molar-refractivity contribution is 4.64. The van der Waals surface area contributed by atoms with Gasteiger partial charge in [0.1, 0.15) is 0 Å². The maximum absolute atomic E-state index is 3.40. The SMILES string of the molecule is CCNCCCCC1CCCCCC1. The predicted molar refractivity (Wildman–Crippen MR) is 63.6 cm³/mol.